The number of nitrogens with zero attached hydrogens (tertiary/aromatic N) is 1. The van der Waals surface area contributed by atoms with Gasteiger partial charge in [-0.1, -0.05) is 19.1 Å². The summed E-state index contributed by atoms with van der Waals surface area (Å²) in [7, 11) is 1.52. The first-order valence-corrected chi connectivity index (χ1v) is 6.87. The van der Waals surface area contributed by atoms with E-state index in [-0.39, 0.29) is 18.2 Å². The van der Waals surface area contributed by atoms with E-state index in [2.05, 4.69) is 12.2 Å². The third kappa shape index (κ3) is 3.36. The van der Waals surface area contributed by atoms with Gasteiger partial charge >= 0.3 is 0 Å². The lowest BCUT2D eigenvalue weighted by molar-refractivity contribution is -0.137. The Bertz CT molecular complexity index is 484. The Hall–Kier alpha value is -1.88. The number of rotatable bonds is 6. The highest BCUT2D eigenvalue weighted by Crippen LogP contribution is 2.14. The zero-order valence-corrected chi connectivity index (χ0v) is 11.9. The molecule has 20 heavy (non-hydrogen) atoms. The van der Waals surface area contributed by atoms with Crippen molar-refractivity contribution in [1.82, 2.24) is 10.2 Å². The Morgan fingerprint density at radius 3 is 2.55 bits per heavy atom. The van der Waals surface area contributed by atoms with E-state index in [0.717, 1.165) is 17.7 Å². The molecule has 2 rings (SSSR count). The van der Waals surface area contributed by atoms with Gasteiger partial charge in [0, 0.05) is 13.6 Å². The van der Waals surface area contributed by atoms with Crippen LogP contribution in [0.25, 0.3) is 0 Å². The number of amides is 2. The van der Waals surface area contributed by atoms with E-state index < -0.39 is 6.04 Å². The van der Waals surface area contributed by atoms with E-state index in [1.54, 1.807) is 0 Å². The molecule has 1 heterocycles. The van der Waals surface area contributed by atoms with E-state index in [0.29, 0.717) is 13.2 Å². The number of hydrogen-bond donors (Lipinski definition) is 1. The monoisotopic (exact) mass is 276 g/mol. The molecule has 1 aliphatic heterocycles. The highest BCUT2D eigenvalue weighted by Gasteiger charge is 2.35. The Morgan fingerprint density at radius 2 is 2.00 bits per heavy atom. The molecule has 0 spiro atoms. The molecule has 1 unspecified atom stereocenters. The zero-order valence-electron chi connectivity index (χ0n) is 11.9. The molecular weight excluding hydrogens is 256 g/mol. The van der Waals surface area contributed by atoms with E-state index in [1.165, 1.54) is 11.9 Å². The summed E-state index contributed by atoms with van der Waals surface area (Å²) in [5.41, 5.74) is 1.06. The highest BCUT2D eigenvalue weighted by molar-refractivity contribution is 6.05. The highest BCUT2D eigenvalue weighted by atomic mass is 16.5. The van der Waals surface area contributed by atoms with Crippen LogP contribution < -0.4 is 10.1 Å². The van der Waals surface area contributed by atoms with Gasteiger partial charge in [-0.15, -0.1) is 0 Å². The third-order valence-electron chi connectivity index (χ3n) is 3.33. The van der Waals surface area contributed by atoms with Gasteiger partial charge in [0.15, 0.2) is 0 Å². The summed E-state index contributed by atoms with van der Waals surface area (Å²) < 4.78 is 5.51. The summed E-state index contributed by atoms with van der Waals surface area (Å²) in [4.78, 5) is 24.3. The van der Waals surface area contributed by atoms with Gasteiger partial charge in [0.25, 0.3) is 0 Å². The fraction of sp³-hybridized carbons (Fsp3) is 0.467. The van der Waals surface area contributed by atoms with E-state index >= 15 is 0 Å². The molecule has 2 amide bonds. The number of ether oxygens (including phenoxy) is 1. The SMILES string of the molecule is CCCOc1ccc(CNC2CC(=O)N(C)C2=O)cc1. The second kappa shape index (κ2) is 6.52. The fourth-order valence-electron chi connectivity index (χ4n) is 2.08. The van der Waals surface area contributed by atoms with Crippen LogP contribution in [0.15, 0.2) is 24.3 Å². The van der Waals surface area contributed by atoms with Crippen molar-refractivity contribution in [2.24, 2.45) is 0 Å². The number of nitrogens with one attached hydrogen (secondary N) is 1. The van der Waals surface area contributed by atoms with Crippen molar-refractivity contribution in [2.45, 2.75) is 32.4 Å². The lowest BCUT2D eigenvalue weighted by Crippen LogP contribution is -2.36. The third-order valence-corrected chi connectivity index (χ3v) is 3.33. The van der Waals surface area contributed by atoms with Crippen LogP contribution in [0.4, 0.5) is 0 Å². The number of benzene rings is 1. The van der Waals surface area contributed by atoms with Crippen molar-refractivity contribution in [3.63, 3.8) is 0 Å². The van der Waals surface area contributed by atoms with Crippen molar-refractivity contribution >= 4 is 11.8 Å². The topological polar surface area (TPSA) is 58.6 Å². The van der Waals surface area contributed by atoms with Gasteiger partial charge in [0.1, 0.15) is 5.75 Å². The average Bonchev–Trinajstić information content (AvgIpc) is 2.71. The lowest BCUT2D eigenvalue weighted by Gasteiger charge is -2.11. The van der Waals surface area contributed by atoms with Crippen molar-refractivity contribution < 1.29 is 14.3 Å². The number of likely N-dealkylation sites (tertiary alicyclic amines) is 1. The maximum Gasteiger partial charge on any atom is 0.246 e. The van der Waals surface area contributed by atoms with Gasteiger partial charge in [-0.25, -0.2) is 0 Å². The Labute approximate surface area is 118 Å². The molecule has 1 fully saturated rings. The molecule has 1 aliphatic rings. The molecule has 0 bridgehead atoms. The maximum absolute atomic E-state index is 11.7. The molecule has 1 aromatic rings. The summed E-state index contributed by atoms with van der Waals surface area (Å²) in [6.07, 6.45) is 1.22. The Balaban J connectivity index is 1.85. The number of hydrogen-bond acceptors (Lipinski definition) is 4. The Kier molecular flexibility index (Phi) is 4.74. The van der Waals surface area contributed by atoms with Crippen LogP contribution >= 0.6 is 0 Å². The van der Waals surface area contributed by atoms with Crippen LogP contribution in [0.5, 0.6) is 5.75 Å². The zero-order chi connectivity index (χ0) is 14.5. The van der Waals surface area contributed by atoms with Gasteiger partial charge in [0.05, 0.1) is 19.1 Å². The van der Waals surface area contributed by atoms with Crippen molar-refractivity contribution in [3.05, 3.63) is 29.8 Å². The molecule has 5 heteroatoms. The molecule has 1 N–H and O–H groups in total. The molecule has 108 valence electrons. The molecule has 1 saturated heterocycles. The first-order chi connectivity index (χ1) is 9.61. The van der Waals surface area contributed by atoms with Crippen LogP contribution in [0.2, 0.25) is 0 Å². The van der Waals surface area contributed by atoms with E-state index in [1.807, 2.05) is 24.3 Å². The van der Waals surface area contributed by atoms with Crippen LogP contribution in [-0.2, 0) is 16.1 Å². The summed E-state index contributed by atoms with van der Waals surface area (Å²) >= 11 is 0. The van der Waals surface area contributed by atoms with Gasteiger partial charge < -0.3 is 10.1 Å². The summed E-state index contributed by atoms with van der Waals surface area (Å²) in [5, 5.41) is 3.12. The van der Waals surface area contributed by atoms with Gasteiger partial charge in [-0.05, 0) is 24.1 Å². The van der Waals surface area contributed by atoms with Crippen molar-refractivity contribution in [2.75, 3.05) is 13.7 Å². The quantitative estimate of drug-likeness (QED) is 0.796. The lowest BCUT2D eigenvalue weighted by atomic mass is 10.2. The van der Waals surface area contributed by atoms with E-state index in [4.69, 9.17) is 4.74 Å². The minimum absolute atomic E-state index is 0.129. The predicted octanol–water partition coefficient (Wildman–Crippen LogP) is 1.32. The standard InChI is InChI=1S/C15H20N2O3/c1-3-8-20-12-6-4-11(5-7-12)10-16-13-9-14(18)17(2)15(13)19/h4-7,13,16H,3,8-10H2,1-2H3. The first-order valence-electron chi connectivity index (χ1n) is 6.87. The number of imide groups is 1. The average molecular weight is 276 g/mol. The molecular formula is C15H20N2O3. The molecule has 0 radical (unpaired) electrons. The van der Waals surface area contributed by atoms with Gasteiger partial charge in [-0.3, -0.25) is 14.5 Å². The van der Waals surface area contributed by atoms with Gasteiger partial charge in [0.2, 0.25) is 11.8 Å². The summed E-state index contributed by atoms with van der Waals surface area (Å²) in [6.45, 7) is 3.34. The summed E-state index contributed by atoms with van der Waals surface area (Å²) in [6, 6.07) is 7.36. The second-order valence-electron chi connectivity index (χ2n) is 4.92. The number of carbonyl (C=O) groups is 2. The summed E-state index contributed by atoms with van der Waals surface area (Å²) in [5.74, 6) is 0.566. The molecule has 5 nitrogen and oxygen atoms in total. The number of carbonyl (C=O) groups excluding carboxylic acids is 2. The fourth-order valence-corrected chi connectivity index (χ4v) is 2.08. The largest absolute Gasteiger partial charge is 0.494 e. The van der Waals surface area contributed by atoms with Gasteiger partial charge in [-0.2, -0.15) is 0 Å². The molecule has 0 aromatic heterocycles. The second-order valence-corrected chi connectivity index (χ2v) is 4.92. The Morgan fingerprint density at radius 1 is 1.30 bits per heavy atom. The number of likely N-dealkylation sites (N-methyl/N-ethyl adjacent to an activating group) is 1. The van der Waals surface area contributed by atoms with Crippen molar-refractivity contribution in [3.8, 4) is 5.75 Å². The van der Waals surface area contributed by atoms with Crippen LogP contribution in [0, 0.1) is 0 Å². The smallest absolute Gasteiger partial charge is 0.246 e. The molecule has 1 atom stereocenters. The van der Waals surface area contributed by atoms with Crippen LogP contribution in [-0.4, -0.2) is 36.4 Å². The minimum atomic E-state index is -0.400. The maximum atomic E-state index is 11.7. The van der Waals surface area contributed by atoms with Crippen LogP contribution in [0.3, 0.4) is 0 Å². The first kappa shape index (κ1) is 14.5. The predicted molar refractivity (Wildman–Crippen MR) is 75.2 cm³/mol. The molecule has 0 aliphatic carbocycles. The van der Waals surface area contributed by atoms with Crippen LogP contribution in [0.1, 0.15) is 25.3 Å². The molecule has 0 saturated carbocycles. The molecule has 1 aromatic carbocycles. The van der Waals surface area contributed by atoms with E-state index in [9.17, 15) is 9.59 Å². The minimum Gasteiger partial charge on any atom is -0.494 e. The van der Waals surface area contributed by atoms with Crippen molar-refractivity contribution in [1.29, 1.82) is 0 Å². The normalized spacial score (nSPS) is 18.7.